The van der Waals surface area contributed by atoms with Gasteiger partial charge in [-0.1, -0.05) is 22.5 Å². The Morgan fingerprint density at radius 2 is 2.33 bits per heavy atom. The predicted molar refractivity (Wildman–Crippen MR) is 60.4 cm³/mol. The summed E-state index contributed by atoms with van der Waals surface area (Å²) < 4.78 is 0.800. The summed E-state index contributed by atoms with van der Waals surface area (Å²) in [4.78, 5) is 11.6. The zero-order valence-electron chi connectivity index (χ0n) is 7.75. The second kappa shape index (κ2) is 3.35. The predicted octanol–water partition coefficient (Wildman–Crippen LogP) is 1.93. The molecule has 0 saturated carbocycles. The summed E-state index contributed by atoms with van der Waals surface area (Å²) >= 11 is 3.29. The molecule has 1 atom stereocenters. The first kappa shape index (κ1) is 10.2. The van der Waals surface area contributed by atoms with E-state index in [1.165, 1.54) is 6.08 Å². The van der Waals surface area contributed by atoms with Crippen molar-refractivity contribution in [3.63, 3.8) is 0 Å². The number of aliphatic hydroxyl groups is 1. The van der Waals surface area contributed by atoms with Crippen LogP contribution in [0.1, 0.15) is 5.56 Å². The smallest absolute Gasteiger partial charge is 0.265 e. The molecule has 3 nitrogen and oxygen atoms in total. The fraction of sp³-hybridized carbons (Fsp3) is 0.0909. The van der Waals surface area contributed by atoms with Crippen molar-refractivity contribution >= 4 is 27.5 Å². The molecular weight excluding hydrogens is 258 g/mol. The highest BCUT2D eigenvalue weighted by atomic mass is 79.9. The zero-order valence-corrected chi connectivity index (χ0v) is 9.34. The van der Waals surface area contributed by atoms with Crippen molar-refractivity contribution in [1.29, 1.82) is 0 Å². The first-order chi connectivity index (χ1) is 7.08. The molecule has 1 aromatic rings. The number of amides is 1. The lowest BCUT2D eigenvalue weighted by Gasteiger charge is -2.14. The van der Waals surface area contributed by atoms with Crippen LogP contribution in [0.25, 0.3) is 0 Å². The van der Waals surface area contributed by atoms with Gasteiger partial charge in [-0.25, -0.2) is 0 Å². The standard InChI is InChI=1S/C11H8BrNO2/c1-2-5-11(15)8-6-7(12)3-4-9(8)13-10(11)14/h3-6,15H,1H2,(H,13,14). The average molecular weight is 266 g/mol. The molecule has 2 rings (SSSR count). The topological polar surface area (TPSA) is 49.3 Å². The van der Waals surface area contributed by atoms with E-state index in [0.29, 0.717) is 11.3 Å². The number of carbonyl (C=O) groups is 1. The molecule has 1 aliphatic rings. The lowest BCUT2D eigenvalue weighted by molar-refractivity contribution is -0.129. The lowest BCUT2D eigenvalue weighted by atomic mass is 9.95. The molecule has 1 heterocycles. The van der Waals surface area contributed by atoms with Gasteiger partial charge in [-0.15, -0.1) is 5.73 Å². The van der Waals surface area contributed by atoms with E-state index in [-0.39, 0.29) is 0 Å². The van der Waals surface area contributed by atoms with Gasteiger partial charge in [-0.05, 0) is 18.2 Å². The van der Waals surface area contributed by atoms with E-state index in [1.807, 2.05) is 0 Å². The summed E-state index contributed by atoms with van der Waals surface area (Å²) in [5.74, 6) is -0.480. The Hall–Kier alpha value is -1.35. The maximum atomic E-state index is 11.6. The van der Waals surface area contributed by atoms with Crippen LogP contribution in [-0.4, -0.2) is 11.0 Å². The van der Waals surface area contributed by atoms with Crippen LogP contribution < -0.4 is 5.32 Å². The van der Waals surface area contributed by atoms with Crippen LogP contribution in [-0.2, 0) is 10.4 Å². The largest absolute Gasteiger partial charge is 0.372 e. The number of rotatable bonds is 1. The minimum Gasteiger partial charge on any atom is -0.372 e. The Labute approximate surface area is 95.2 Å². The highest BCUT2D eigenvalue weighted by Crippen LogP contribution is 2.38. The maximum absolute atomic E-state index is 11.6. The third-order valence-electron chi connectivity index (χ3n) is 2.30. The van der Waals surface area contributed by atoms with Crippen molar-refractivity contribution in [3.8, 4) is 0 Å². The van der Waals surface area contributed by atoms with Crippen molar-refractivity contribution in [2.75, 3.05) is 5.32 Å². The summed E-state index contributed by atoms with van der Waals surface area (Å²) in [6, 6.07) is 5.22. The molecule has 0 radical (unpaired) electrons. The summed E-state index contributed by atoms with van der Waals surface area (Å²) in [5.41, 5.74) is 1.91. The molecular formula is C11H8BrNO2. The molecule has 1 amide bonds. The number of nitrogens with one attached hydrogen (secondary N) is 1. The van der Waals surface area contributed by atoms with Gasteiger partial charge in [-0.3, -0.25) is 4.79 Å². The molecule has 76 valence electrons. The van der Waals surface area contributed by atoms with Crippen LogP contribution in [0.2, 0.25) is 0 Å². The molecule has 1 aromatic carbocycles. The van der Waals surface area contributed by atoms with E-state index < -0.39 is 11.5 Å². The van der Waals surface area contributed by atoms with Gasteiger partial charge in [0.25, 0.3) is 5.91 Å². The summed E-state index contributed by atoms with van der Waals surface area (Å²) in [6.07, 6.45) is 1.25. The molecule has 1 aliphatic heterocycles. The van der Waals surface area contributed by atoms with Gasteiger partial charge in [0, 0.05) is 21.8 Å². The van der Waals surface area contributed by atoms with Gasteiger partial charge in [0.1, 0.15) is 0 Å². The third-order valence-corrected chi connectivity index (χ3v) is 2.79. The number of hydrogen-bond acceptors (Lipinski definition) is 2. The van der Waals surface area contributed by atoms with E-state index in [2.05, 4.69) is 33.6 Å². The van der Waals surface area contributed by atoms with E-state index in [0.717, 1.165) is 4.47 Å². The Morgan fingerprint density at radius 3 is 3.00 bits per heavy atom. The number of halogens is 1. The van der Waals surface area contributed by atoms with E-state index in [9.17, 15) is 9.90 Å². The molecule has 0 fully saturated rings. The fourth-order valence-electron chi connectivity index (χ4n) is 1.57. The molecule has 0 aromatic heterocycles. The van der Waals surface area contributed by atoms with E-state index in [4.69, 9.17) is 0 Å². The zero-order chi connectivity index (χ0) is 11.1. The molecule has 1 unspecified atom stereocenters. The quantitative estimate of drug-likeness (QED) is 0.763. The van der Waals surface area contributed by atoms with Crippen LogP contribution in [0.3, 0.4) is 0 Å². The van der Waals surface area contributed by atoms with E-state index in [1.54, 1.807) is 18.2 Å². The van der Waals surface area contributed by atoms with Crippen molar-refractivity contribution in [1.82, 2.24) is 0 Å². The number of anilines is 1. The van der Waals surface area contributed by atoms with Crippen LogP contribution in [0.4, 0.5) is 5.69 Å². The SMILES string of the molecule is C=C=CC1(O)C(=O)Nc2ccc(Br)cc21. The summed E-state index contributed by atoms with van der Waals surface area (Å²) in [6.45, 7) is 3.37. The van der Waals surface area contributed by atoms with Crippen LogP contribution >= 0.6 is 15.9 Å². The number of carbonyl (C=O) groups excluding carboxylic acids is 1. The van der Waals surface area contributed by atoms with Gasteiger partial charge in [0.05, 0.1) is 0 Å². The van der Waals surface area contributed by atoms with Crippen molar-refractivity contribution in [2.24, 2.45) is 0 Å². The van der Waals surface area contributed by atoms with Gasteiger partial charge in [0.15, 0.2) is 5.60 Å². The van der Waals surface area contributed by atoms with E-state index >= 15 is 0 Å². The Balaban J connectivity index is 2.67. The van der Waals surface area contributed by atoms with Crippen molar-refractivity contribution < 1.29 is 9.90 Å². The third kappa shape index (κ3) is 1.43. The molecule has 0 aliphatic carbocycles. The van der Waals surface area contributed by atoms with Crippen LogP contribution in [0.15, 0.2) is 41.1 Å². The average Bonchev–Trinajstić information content (AvgIpc) is 2.42. The Bertz CT molecular complexity index is 491. The molecule has 0 bridgehead atoms. The van der Waals surface area contributed by atoms with Gasteiger partial charge in [-0.2, -0.15) is 0 Å². The van der Waals surface area contributed by atoms with Crippen LogP contribution in [0.5, 0.6) is 0 Å². The second-order valence-corrected chi connectivity index (χ2v) is 4.17. The molecule has 2 N–H and O–H groups in total. The molecule has 0 saturated heterocycles. The summed E-state index contributed by atoms with van der Waals surface area (Å²) in [5, 5.41) is 12.7. The molecule has 15 heavy (non-hydrogen) atoms. The minimum atomic E-state index is -1.65. The summed E-state index contributed by atoms with van der Waals surface area (Å²) in [7, 11) is 0. The Morgan fingerprint density at radius 1 is 1.60 bits per heavy atom. The molecule has 0 spiro atoms. The number of hydrogen-bond donors (Lipinski definition) is 2. The van der Waals surface area contributed by atoms with Crippen molar-refractivity contribution in [2.45, 2.75) is 5.60 Å². The first-order valence-electron chi connectivity index (χ1n) is 4.29. The number of fused-ring (bicyclic) bond motifs is 1. The monoisotopic (exact) mass is 265 g/mol. The normalized spacial score (nSPS) is 22.9. The minimum absolute atomic E-state index is 0.480. The maximum Gasteiger partial charge on any atom is 0.265 e. The van der Waals surface area contributed by atoms with Crippen LogP contribution in [0, 0.1) is 0 Å². The second-order valence-electron chi connectivity index (χ2n) is 3.26. The Kier molecular flexibility index (Phi) is 2.27. The highest BCUT2D eigenvalue weighted by molar-refractivity contribution is 9.10. The highest BCUT2D eigenvalue weighted by Gasteiger charge is 2.43. The van der Waals surface area contributed by atoms with Crippen molar-refractivity contribution in [3.05, 3.63) is 46.6 Å². The van der Waals surface area contributed by atoms with Gasteiger partial charge < -0.3 is 10.4 Å². The van der Waals surface area contributed by atoms with Gasteiger partial charge in [0.2, 0.25) is 0 Å². The molecule has 4 heteroatoms. The van der Waals surface area contributed by atoms with Gasteiger partial charge >= 0.3 is 0 Å². The number of benzene rings is 1. The first-order valence-corrected chi connectivity index (χ1v) is 5.08. The lowest BCUT2D eigenvalue weighted by Crippen LogP contribution is -2.31. The fourth-order valence-corrected chi connectivity index (χ4v) is 1.93.